The van der Waals surface area contributed by atoms with Gasteiger partial charge in [0, 0.05) is 34.7 Å². The van der Waals surface area contributed by atoms with E-state index in [-0.39, 0.29) is 17.5 Å². The number of hydrogen-bond acceptors (Lipinski definition) is 4. The van der Waals surface area contributed by atoms with Gasteiger partial charge in [0.05, 0.1) is 17.3 Å². The molecule has 1 spiro atoms. The number of benzene rings is 2. The molecule has 2 aliphatic rings. The highest BCUT2D eigenvalue weighted by Gasteiger charge is 2.54. The third-order valence-electron chi connectivity index (χ3n) is 7.12. The highest BCUT2D eigenvalue weighted by Crippen LogP contribution is 2.62. The first-order valence-electron chi connectivity index (χ1n) is 11.0. The third-order valence-corrected chi connectivity index (χ3v) is 7.12. The van der Waals surface area contributed by atoms with Gasteiger partial charge in [-0.3, -0.25) is 14.7 Å². The van der Waals surface area contributed by atoms with Gasteiger partial charge in [-0.1, -0.05) is 30.3 Å². The molecule has 2 aromatic heterocycles. The molecule has 0 unspecified atom stereocenters. The van der Waals surface area contributed by atoms with Crippen LogP contribution in [0.2, 0.25) is 0 Å². The van der Waals surface area contributed by atoms with Gasteiger partial charge in [-0.25, -0.2) is 5.10 Å². The Hall–Kier alpha value is -3.74. The van der Waals surface area contributed by atoms with E-state index in [1.165, 1.54) is 0 Å². The summed E-state index contributed by atoms with van der Waals surface area (Å²) in [6.07, 6.45) is 7.67. The number of carbonyl (C=O) groups excluding carboxylic acids is 1. The minimum atomic E-state index is -0.137. The molecule has 3 N–H and O–H groups in total. The Morgan fingerprint density at radius 2 is 1.81 bits per heavy atom. The van der Waals surface area contributed by atoms with E-state index in [1.807, 2.05) is 54.7 Å². The second-order valence-corrected chi connectivity index (χ2v) is 9.24. The van der Waals surface area contributed by atoms with E-state index in [9.17, 15) is 9.59 Å². The van der Waals surface area contributed by atoms with Crippen LogP contribution in [-0.2, 0) is 0 Å². The van der Waals surface area contributed by atoms with E-state index in [4.69, 9.17) is 0 Å². The maximum absolute atomic E-state index is 12.8. The summed E-state index contributed by atoms with van der Waals surface area (Å²) in [5.74, 6) is 0.333. The summed E-state index contributed by atoms with van der Waals surface area (Å²) in [5.41, 5.74) is 3.75. The molecule has 2 saturated carbocycles. The van der Waals surface area contributed by atoms with Gasteiger partial charge in [-0.2, -0.15) is 10.2 Å². The van der Waals surface area contributed by atoms with Crippen LogP contribution in [0.25, 0.3) is 21.9 Å². The number of hydrogen-bond donors (Lipinski definition) is 3. The van der Waals surface area contributed by atoms with Crippen LogP contribution in [-0.4, -0.2) is 32.3 Å². The number of fused-ring (bicyclic) bond motifs is 1. The first kappa shape index (κ1) is 19.0. The maximum atomic E-state index is 12.8. The molecule has 0 radical (unpaired) electrons. The van der Waals surface area contributed by atoms with Crippen LogP contribution >= 0.6 is 0 Å². The van der Waals surface area contributed by atoms with Crippen LogP contribution in [0.1, 0.15) is 47.7 Å². The fraction of sp³-hybridized carbons (Fsp3) is 0.280. The number of rotatable bonds is 4. The highest BCUT2D eigenvalue weighted by molar-refractivity contribution is 5.95. The third kappa shape index (κ3) is 3.12. The van der Waals surface area contributed by atoms with Crippen LogP contribution in [0.3, 0.4) is 0 Å². The Bertz CT molecular complexity index is 1360. The van der Waals surface area contributed by atoms with Gasteiger partial charge in [0.15, 0.2) is 0 Å². The summed E-state index contributed by atoms with van der Waals surface area (Å²) in [6.45, 7) is 0. The molecule has 0 bridgehead atoms. The van der Waals surface area contributed by atoms with Gasteiger partial charge in [-0.15, -0.1) is 0 Å². The van der Waals surface area contributed by atoms with Crippen LogP contribution in [0.5, 0.6) is 0 Å². The SMILES string of the molecule is O=C(NC1CC2(C1)CC(c1n[nH]c(=O)c3ccccc13)C2)c1cccc(-c2cn[nH]c2)c1. The second kappa shape index (κ2) is 7.15. The van der Waals surface area contributed by atoms with Crippen molar-refractivity contribution in [2.45, 2.75) is 37.6 Å². The number of nitrogens with zero attached hydrogens (tertiary/aromatic N) is 2. The topological polar surface area (TPSA) is 104 Å². The van der Waals surface area contributed by atoms with Gasteiger partial charge in [0.2, 0.25) is 0 Å². The van der Waals surface area contributed by atoms with Crippen LogP contribution in [0.4, 0.5) is 0 Å². The average molecular weight is 425 g/mol. The lowest BCUT2D eigenvalue weighted by Crippen LogP contribution is -2.55. The number of aromatic amines is 2. The number of carbonyl (C=O) groups is 1. The minimum Gasteiger partial charge on any atom is -0.349 e. The standard InChI is InChI=1S/C25H23N5O2/c31-23(16-5-3-4-15(8-16)18-13-26-27-14-18)28-19-11-25(12-19)9-17(10-25)22-20-6-1-2-7-21(20)24(32)30-29-22/h1-8,13-14,17,19H,9-12H2,(H,26,27)(H,28,31)(H,30,32). The summed E-state index contributed by atoms with van der Waals surface area (Å²) < 4.78 is 0. The van der Waals surface area contributed by atoms with E-state index in [2.05, 4.69) is 25.7 Å². The largest absolute Gasteiger partial charge is 0.349 e. The second-order valence-electron chi connectivity index (χ2n) is 9.24. The van der Waals surface area contributed by atoms with Gasteiger partial charge >= 0.3 is 0 Å². The van der Waals surface area contributed by atoms with E-state index in [0.717, 1.165) is 47.9 Å². The Kier molecular flexibility index (Phi) is 4.24. The van der Waals surface area contributed by atoms with Crippen molar-refractivity contribution in [3.8, 4) is 11.1 Å². The van der Waals surface area contributed by atoms with Gasteiger partial charge in [0.1, 0.15) is 0 Å². The van der Waals surface area contributed by atoms with Gasteiger partial charge < -0.3 is 5.32 Å². The van der Waals surface area contributed by atoms with E-state index in [1.54, 1.807) is 6.20 Å². The molecule has 6 rings (SSSR count). The molecule has 4 aromatic rings. The Balaban J connectivity index is 1.09. The summed E-state index contributed by atoms with van der Waals surface area (Å²) in [6, 6.07) is 15.5. The molecule has 2 aliphatic carbocycles. The Morgan fingerprint density at radius 1 is 1.00 bits per heavy atom. The molecule has 2 aromatic carbocycles. The zero-order valence-electron chi connectivity index (χ0n) is 17.5. The predicted octanol–water partition coefficient (Wildman–Crippen LogP) is 3.77. The molecule has 0 aliphatic heterocycles. The number of amides is 1. The average Bonchev–Trinajstić information content (AvgIpc) is 3.30. The van der Waals surface area contributed by atoms with E-state index in [0.29, 0.717) is 22.3 Å². The van der Waals surface area contributed by atoms with Crippen molar-refractivity contribution in [2.24, 2.45) is 5.41 Å². The molecule has 160 valence electrons. The zero-order chi connectivity index (χ0) is 21.7. The first-order chi connectivity index (χ1) is 15.6. The molecule has 0 atom stereocenters. The monoisotopic (exact) mass is 425 g/mol. The zero-order valence-corrected chi connectivity index (χ0v) is 17.5. The van der Waals surface area contributed by atoms with Crippen LogP contribution in [0, 0.1) is 5.41 Å². The van der Waals surface area contributed by atoms with Crippen molar-refractivity contribution in [3.63, 3.8) is 0 Å². The summed E-state index contributed by atoms with van der Waals surface area (Å²) >= 11 is 0. The lowest BCUT2D eigenvalue weighted by Gasteiger charge is -2.57. The Morgan fingerprint density at radius 3 is 2.59 bits per heavy atom. The number of aromatic nitrogens is 4. The van der Waals surface area contributed by atoms with Crippen LogP contribution < -0.4 is 10.9 Å². The summed E-state index contributed by atoms with van der Waals surface area (Å²) in [5, 5.41) is 18.7. The summed E-state index contributed by atoms with van der Waals surface area (Å²) in [4.78, 5) is 24.8. The summed E-state index contributed by atoms with van der Waals surface area (Å²) in [7, 11) is 0. The molecule has 32 heavy (non-hydrogen) atoms. The minimum absolute atomic E-state index is 0.0284. The van der Waals surface area contributed by atoms with E-state index >= 15 is 0 Å². The van der Waals surface area contributed by atoms with Gasteiger partial charge in [-0.05, 0) is 54.9 Å². The first-order valence-corrected chi connectivity index (χ1v) is 11.0. The predicted molar refractivity (Wildman–Crippen MR) is 121 cm³/mol. The number of nitrogens with one attached hydrogen (secondary N) is 3. The molecular weight excluding hydrogens is 402 g/mol. The molecule has 1 amide bonds. The molecule has 0 saturated heterocycles. The fourth-order valence-corrected chi connectivity index (χ4v) is 5.56. The molecular formula is C25H23N5O2. The quantitative estimate of drug-likeness (QED) is 0.463. The molecule has 2 heterocycles. The van der Waals surface area contributed by atoms with Crippen molar-refractivity contribution in [3.05, 3.63) is 82.5 Å². The highest BCUT2D eigenvalue weighted by atomic mass is 16.1. The van der Waals surface area contributed by atoms with Crippen molar-refractivity contribution < 1.29 is 4.79 Å². The smallest absolute Gasteiger partial charge is 0.272 e. The van der Waals surface area contributed by atoms with Crippen molar-refractivity contribution in [1.82, 2.24) is 25.7 Å². The number of H-pyrrole nitrogens is 2. The lowest BCUT2D eigenvalue weighted by molar-refractivity contribution is -0.0196. The fourth-order valence-electron chi connectivity index (χ4n) is 5.56. The lowest BCUT2D eigenvalue weighted by atomic mass is 9.49. The van der Waals surface area contributed by atoms with Gasteiger partial charge in [0.25, 0.3) is 11.5 Å². The van der Waals surface area contributed by atoms with E-state index < -0.39 is 0 Å². The molecule has 7 nitrogen and oxygen atoms in total. The van der Waals surface area contributed by atoms with Crippen molar-refractivity contribution in [2.75, 3.05) is 0 Å². The molecule has 2 fully saturated rings. The van der Waals surface area contributed by atoms with Crippen LogP contribution in [0.15, 0.2) is 65.7 Å². The normalized spacial score (nSPS) is 24.1. The van der Waals surface area contributed by atoms with Crippen molar-refractivity contribution >= 4 is 16.7 Å². The Labute approximate surface area is 184 Å². The molecule has 7 heteroatoms. The maximum Gasteiger partial charge on any atom is 0.272 e. The van der Waals surface area contributed by atoms with Crippen molar-refractivity contribution in [1.29, 1.82) is 0 Å².